The van der Waals surface area contributed by atoms with E-state index in [2.05, 4.69) is 17.3 Å². The van der Waals surface area contributed by atoms with Gasteiger partial charge < -0.3 is 15.0 Å². The predicted octanol–water partition coefficient (Wildman–Crippen LogP) is 1.73. The van der Waals surface area contributed by atoms with Crippen LogP contribution in [0.4, 0.5) is 0 Å². The van der Waals surface area contributed by atoms with Crippen molar-refractivity contribution in [1.29, 1.82) is 0 Å². The van der Waals surface area contributed by atoms with E-state index in [9.17, 15) is 0 Å². The van der Waals surface area contributed by atoms with Crippen LogP contribution in [0.15, 0.2) is 0 Å². The number of morpholine rings is 1. The van der Waals surface area contributed by atoms with Gasteiger partial charge in [-0.3, -0.25) is 0 Å². The normalized spacial score (nSPS) is 49.7. The molecule has 1 saturated heterocycles. The highest BCUT2D eigenvalue weighted by Gasteiger charge is 2.47. The second-order valence-corrected chi connectivity index (χ2v) is 7.62. The Labute approximate surface area is 117 Å². The van der Waals surface area contributed by atoms with Crippen molar-refractivity contribution in [2.75, 3.05) is 33.3 Å². The second-order valence-electron chi connectivity index (χ2n) is 7.62. The third-order valence-corrected chi connectivity index (χ3v) is 6.15. The fourth-order valence-corrected chi connectivity index (χ4v) is 5.52. The maximum absolute atomic E-state index is 5.89. The van der Waals surface area contributed by atoms with Crippen molar-refractivity contribution in [3.8, 4) is 0 Å². The SMILES string of the molecule is CN1CCOC(CNC2C3CC4CC(C3)CC2C4)C1. The van der Waals surface area contributed by atoms with Crippen LogP contribution in [-0.4, -0.2) is 50.3 Å². The van der Waals surface area contributed by atoms with Crippen LogP contribution in [0.3, 0.4) is 0 Å². The molecule has 5 fully saturated rings. The Morgan fingerprint density at radius 1 is 1.05 bits per heavy atom. The second kappa shape index (κ2) is 5.01. The summed E-state index contributed by atoms with van der Waals surface area (Å²) in [5.41, 5.74) is 0. The first-order chi connectivity index (χ1) is 9.28. The van der Waals surface area contributed by atoms with Crippen molar-refractivity contribution in [2.45, 2.75) is 44.2 Å². The molecule has 0 aromatic heterocycles. The van der Waals surface area contributed by atoms with E-state index in [1.165, 1.54) is 25.7 Å². The first kappa shape index (κ1) is 12.6. The number of hydrogen-bond donors (Lipinski definition) is 1. The molecule has 5 aliphatic rings. The van der Waals surface area contributed by atoms with Gasteiger partial charge in [0.25, 0.3) is 0 Å². The minimum absolute atomic E-state index is 0.413. The van der Waals surface area contributed by atoms with Gasteiger partial charge in [-0.15, -0.1) is 0 Å². The maximum atomic E-state index is 5.89. The van der Waals surface area contributed by atoms with Gasteiger partial charge in [-0.1, -0.05) is 0 Å². The van der Waals surface area contributed by atoms with Gasteiger partial charge in [-0.25, -0.2) is 0 Å². The monoisotopic (exact) mass is 264 g/mol. The number of hydrogen-bond acceptors (Lipinski definition) is 3. The van der Waals surface area contributed by atoms with Gasteiger partial charge in [0.05, 0.1) is 12.7 Å². The van der Waals surface area contributed by atoms with Crippen LogP contribution in [-0.2, 0) is 4.74 Å². The zero-order valence-electron chi connectivity index (χ0n) is 12.2. The molecule has 0 radical (unpaired) electrons. The molecule has 5 rings (SSSR count). The largest absolute Gasteiger partial charge is 0.374 e. The number of nitrogens with one attached hydrogen (secondary N) is 1. The lowest BCUT2D eigenvalue weighted by Crippen LogP contribution is -2.56. The Balaban J connectivity index is 1.33. The lowest BCUT2D eigenvalue weighted by atomic mass is 9.54. The number of ether oxygens (including phenoxy) is 1. The molecular formula is C16H28N2O. The topological polar surface area (TPSA) is 24.5 Å². The molecule has 108 valence electrons. The molecule has 3 nitrogen and oxygen atoms in total. The van der Waals surface area contributed by atoms with Crippen LogP contribution in [0, 0.1) is 23.7 Å². The standard InChI is InChI=1S/C16H28N2O/c1-18-2-3-19-15(10-18)9-17-16-13-5-11-4-12(7-13)8-14(16)6-11/h11-17H,2-10H2,1H3. The Morgan fingerprint density at radius 3 is 2.37 bits per heavy atom. The minimum atomic E-state index is 0.413. The minimum Gasteiger partial charge on any atom is -0.374 e. The Morgan fingerprint density at radius 2 is 1.74 bits per heavy atom. The highest BCUT2D eigenvalue weighted by atomic mass is 16.5. The van der Waals surface area contributed by atoms with Gasteiger partial charge in [0.1, 0.15) is 0 Å². The lowest BCUT2D eigenvalue weighted by molar-refractivity contribution is -0.0401. The summed E-state index contributed by atoms with van der Waals surface area (Å²) in [4.78, 5) is 2.40. The Bertz CT molecular complexity index is 305. The van der Waals surface area contributed by atoms with Gasteiger partial charge in [0, 0.05) is 25.7 Å². The van der Waals surface area contributed by atoms with Crippen molar-refractivity contribution < 1.29 is 4.74 Å². The molecule has 19 heavy (non-hydrogen) atoms. The molecule has 1 heterocycles. The molecule has 4 saturated carbocycles. The molecule has 0 aromatic rings. The number of rotatable bonds is 3. The molecule has 1 unspecified atom stereocenters. The van der Waals surface area contributed by atoms with Gasteiger partial charge in [0.2, 0.25) is 0 Å². The zero-order chi connectivity index (χ0) is 12.8. The summed E-state index contributed by atoms with van der Waals surface area (Å²) in [5.74, 6) is 4.13. The van der Waals surface area contributed by atoms with Crippen molar-refractivity contribution >= 4 is 0 Å². The van der Waals surface area contributed by atoms with Gasteiger partial charge in [-0.05, 0) is 62.8 Å². The summed E-state index contributed by atoms with van der Waals surface area (Å²) in [6, 6.07) is 0.809. The summed E-state index contributed by atoms with van der Waals surface area (Å²) in [7, 11) is 2.21. The number of likely N-dealkylation sites (N-methyl/N-ethyl adjacent to an activating group) is 1. The molecular weight excluding hydrogens is 236 g/mol. The van der Waals surface area contributed by atoms with E-state index in [0.29, 0.717) is 6.10 Å². The van der Waals surface area contributed by atoms with Gasteiger partial charge in [-0.2, -0.15) is 0 Å². The third-order valence-electron chi connectivity index (χ3n) is 6.15. The maximum Gasteiger partial charge on any atom is 0.0826 e. The molecule has 0 amide bonds. The fourth-order valence-electron chi connectivity index (χ4n) is 5.52. The lowest BCUT2D eigenvalue weighted by Gasteiger charge is -2.54. The first-order valence-corrected chi connectivity index (χ1v) is 8.31. The fraction of sp³-hybridized carbons (Fsp3) is 1.00. The smallest absolute Gasteiger partial charge is 0.0826 e. The average Bonchev–Trinajstić information content (AvgIpc) is 2.37. The first-order valence-electron chi connectivity index (χ1n) is 8.31. The van der Waals surface area contributed by atoms with Crippen LogP contribution < -0.4 is 5.32 Å². The van der Waals surface area contributed by atoms with Crippen LogP contribution in [0.25, 0.3) is 0 Å². The molecule has 1 N–H and O–H groups in total. The third kappa shape index (κ3) is 2.45. The molecule has 4 aliphatic carbocycles. The predicted molar refractivity (Wildman–Crippen MR) is 76.1 cm³/mol. The van der Waals surface area contributed by atoms with Crippen LogP contribution in [0.1, 0.15) is 32.1 Å². The molecule has 3 heteroatoms. The molecule has 4 bridgehead atoms. The molecule has 0 spiro atoms. The highest BCUT2D eigenvalue weighted by Crippen LogP contribution is 2.53. The van der Waals surface area contributed by atoms with E-state index >= 15 is 0 Å². The highest BCUT2D eigenvalue weighted by molar-refractivity contribution is 5.01. The van der Waals surface area contributed by atoms with Crippen molar-refractivity contribution in [1.82, 2.24) is 10.2 Å². The summed E-state index contributed by atoms with van der Waals surface area (Å²) in [6.07, 6.45) is 8.00. The molecule has 1 aliphatic heterocycles. The van der Waals surface area contributed by atoms with Crippen LogP contribution in [0.2, 0.25) is 0 Å². The summed E-state index contributed by atoms with van der Waals surface area (Å²) < 4.78 is 5.89. The van der Waals surface area contributed by atoms with Crippen molar-refractivity contribution in [3.63, 3.8) is 0 Å². The van der Waals surface area contributed by atoms with Crippen LogP contribution in [0.5, 0.6) is 0 Å². The molecule has 0 aromatic carbocycles. The summed E-state index contributed by atoms with van der Waals surface area (Å²) in [5, 5.41) is 3.90. The Hall–Kier alpha value is -0.120. The van der Waals surface area contributed by atoms with Gasteiger partial charge in [0.15, 0.2) is 0 Å². The van der Waals surface area contributed by atoms with Crippen molar-refractivity contribution in [3.05, 3.63) is 0 Å². The van der Waals surface area contributed by atoms with Crippen LogP contribution >= 0.6 is 0 Å². The number of nitrogens with zero attached hydrogens (tertiary/aromatic N) is 1. The van der Waals surface area contributed by atoms with E-state index in [-0.39, 0.29) is 0 Å². The summed E-state index contributed by atoms with van der Waals surface area (Å²) in [6.45, 7) is 4.16. The summed E-state index contributed by atoms with van der Waals surface area (Å²) >= 11 is 0. The average molecular weight is 264 g/mol. The molecule has 1 atom stereocenters. The van der Waals surface area contributed by atoms with E-state index in [4.69, 9.17) is 4.74 Å². The van der Waals surface area contributed by atoms with E-state index in [1.807, 2.05) is 0 Å². The van der Waals surface area contributed by atoms with E-state index in [0.717, 1.165) is 56.0 Å². The van der Waals surface area contributed by atoms with E-state index in [1.54, 1.807) is 6.42 Å². The van der Waals surface area contributed by atoms with E-state index < -0.39 is 0 Å². The van der Waals surface area contributed by atoms with Gasteiger partial charge >= 0.3 is 0 Å². The van der Waals surface area contributed by atoms with Crippen molar-refractivity contribution in [2.24, 2.45) is 23.7 Å². The Kier molecular flexibility index (Phi) is 3.33. The quantitative estimate of drug-likeness (QED) is 0.840. The zero-order valence-corrected chi connectivity index (χ0v) is 12.2.